The van der Waals surface area contributed by atoms with E-state index in [0.717, 1.165) is 5.56 Å². The molecule has 2 N–H and O–H groups in total. The number of carbonyl (C=O) groups is 2. The van der Waals surface area contributed by atoms with E-state index in [1.54, 1.807) is 18.2 Å². The van der Waals surface area contributed by atoms with Gasteiger partial charge in [0.2, 0.25) is 5.91 Å². The molecule has 1 aromatic carbocycles. The fourth-order valence-electron chi connectivity index (χ4n) is 2.14. The summed E-state index contributed by atoms with van der Waals surface area (Å²) in [5.41, 5.74) is 0.840. The van der Waals surface area contributed by atoms with Gasteiger partial charge in [0.1, 0.15) is 12.4 Å². The van der Waals surface area contributed by atoms with Gasteiger partial charge >= 0.3 is 5.97 Å². The van der Waals surface area contributed by atoms with Gasteiger partial charge in [-0.05, 0) is 30.2 Å². The molecule has 6 nitrogen and oxygen atoms in total. The maximum atomic E-state index is 12.1. The molecule has 0 aliphatic carbocycles. The van der Waals surface area contributed by atoms with Crippen molar-refractivity contribution in [3.05, 3.63) is 28.8 Å². The van der Waals surface area contributed by atoms with E-state index in [1.807, 2.05) is 0 Å². The lowest BCUT2D eigenvalue weighted by atomic mass is 9.96. The molecule has 0 spiro atoms. The van der Waals surface area contributed by atoms with Crippen molar-refractivity contribution in [2.24, 2.45) is 5.92 Å². The molecule has 0 radical (unpaired) electrons. The Labute approximate surface area is 127 Å². The molecule has 2 atom stereocenters. The predicted molar refractivity (Wildman–Crippen MR) is 75.2 cm³/mol. The van der Waals surface area contributed by atoms with Crippen LogP contribution >= 0.6 is 11.6 Å². The van der Waals surface area contributed by atoms with Gasteiger partial charge in [-0.1, -0.05) is 11.6 Å². The minimum atomic E-state index is -1.07. The van der Waals surface area contributed by atoms with E-state index >= 15 is 0 Å². The Morgan fingerprint density at radius 3 is 3.00 bits per heavy atom. The monoisotopic (exact) mass is 313 g/mol. The van der Waals surface area contributed by atoms with Gasteiger partial charge in [0, 0.05) is 5.02 Å². The van der Waals surface area contributed by atoms with E-state index in [2.05, 4.69) is 10.1 Å². The summed E-state index contributed by atoms with van der Waals surface area (Å²) < 4.78 is 10.0. The number of amides is 1. The number of halogens is 1. The third-order valence-electron chi connectivity index (χ3n) is 3.28. The fraction of sp³-hybridized carbons (Fsp3) is 0.429. The molecule has 1 heterocycles. The summed E-state index contributed by atoms with van der Waals surface area (Å²) in [6.07, 6.45) is 0.459. The zero-order valence-electron chi connectivity index (χ0n) is 11.5. The molecule has 7 heteroatoms. The van der Waals surface area contributed by atoms with Crippen LogP contribution in [-0.4, -0.2) is 43.3 Å². The SMILES string of the molecule is COC(=O)[C@H](CO)NC(=O)[C@H]1COc2ccc(Cl)cc2C1. The third-order valence-corrected chi connectivity index (χ3v) is 3.52. The van der Waals surface area contributed by atoms with Gasteiger partial charge in [-0.15, -0.1) is 0 Å². The average Bonchev–Trinajstić information content (AvgIpc) is 2.50. The van der Waals surface area contributed by atoms with Crippen LogP contribution in [0.15, 0.2) is 18.2 Å². The normalized spacial score (nSPS) is 18.1. The maximum absolute atomic E-state index is 12.1. The number of fused-ring (bicyclic) bond motifs is 1. The Balaban J connectivity index is 2.03. The number of rotatable bonds is 4. The molecular formula is C14H16ClNO5. The lowest BCUT2D eigenvalue weighted by Crippen LogP contribution is -2.48. The zero-order valence-corrected chi connectivity index (χ0v) is 12.2. The van der Waals surface area contributed by atoms with Crippen molar-refractivity contribution < 1.29 is 24.2 Å². The first kappa shape index (κ1) is 15.6. The summed E-state index contributed by atoms with van der Waals surface area (Å²) in [4.78, 5) is 23.5. The third kappa shape index (κ3) is 3.65. The van der Waals surface area contributed by atoms with Gasteiger partial charge in [-0.25, -0.2) is 4.79 Å². The molecular weight excluding hydrogens is 298 g/mol. The summed E-state index contributed by atoms with van der Waals surface area (Å²) in [6.45, 7) is -0.311. The Morgan fingerprint density at radius 1 is 1.57 bits per heavy atom. The molecule has 0 aromatic heterocycles. The molecule has 21 heavy (non-hydrogen) atoms. The number of aliphatic hydroxyl groups is 1. The molecule has 1 amide bonds. The van der Waals surface area contributed by atoms with E-state index in [9.17, 15) is 9.59 Å². The van der Waals surface area contributed by atoms with Crippen LogP contribution in [0.4, 0.5) is 0 Å². The van der Waals surface area contributed by atoms with Crippen LogP contribution in [0.25, 0.3) is 0 Å². The Hall–Kier alpha value is -1.79. The highest BCUT2D eigenvalue weighted by molar-refractivity contribution is 6.30. The first-order valence-corrected chi connectivity index (χ1v) is 6.83. The molecule has 1 aliphatic heterocycles. The second-order valence-electron chi connectivity index (χ2n) is 4.73. The van der Waals surface area contributed by atoms with Crippen LogP contribution in [0.1, 0.15) is 5.56 Å². The van der Waals surface area contributed by atoms with Gasteiger partial charge in [0.15, 0.2) is 6.04 Å². The smallest absolute Gasteiger partial charge is 0.330 e. The largest absolute Gasteiger partial charge is 0.492 e. The maximum Gasteiger partial charge on any atom is 0.330 e. The van der Waals surface area contributed by atoms with Gasteiger partial charge < -0.3 is 19.9 Å². The topological polar surface area (TPSA) is 84.9 Å². The first-order chi connectivity index (χ1) is 10.0. The minimum Gasteiger partial charge on any atom is -0.492 e. The molecule has 114 valence electrons. The first-order valence-electron chi connectivity index (χ1n) is 6.45. The van der Waals surface area contributed by atoms with Crippen LogP contribution < -0.4 is 10.1 Å². The Bertz CT molecular complexity index is 548. The summed E-state index contributed by atoms with van der Waals surface area (Å²) >= 11 is 5.92. The quantitative estimate of drug-likeness (QED) is 0.793. The predicted octanol–water partition coefficient (Wildman–Crippen LogP) is 0.541. The standard InChI is InChI=1S/C14H16ClNO5/c1-20-14(19)11(6-17)16-13(18)9-4-8-5-10(15)2-3-12(8)21-7-9/h2-3,5,9,11,17H,4,6-7H2,1H3,(H,16,18)/t9-,11+/m1/s1. The Morgan fingerprint density at radius 2 is 2.33 bits per heavy atom. The number of carbonyl (C=O) groups excluding carboxylic acids is 2. The highest BCUT2D eigenvalue weighted by Gasteiger charge is 2.29. The zero-order chi connectivity index (χ0) is 15.4. The summed E-state index contributed by atoms with van der Waals surface area (Å²) in [5, 5.41) is 12.1. The van der Waals surface area contributed by atoms with Gasteiger partial charge in [-0.3, -0.25) is 4.79 Å². The van der Waals surface area contributed by atoms with Crippen molar-refractivity contribution in [1.29, 1.82) is 0 Å². The summed E-state index contributed by atoms with van der Waals surface area (Å²) in [6, 6.07) is 4.17. The number of methoxy groups -OCH3 is 1. The summed E-state index contributed by atoms with van der Waals surface area (Å²) in [5.74, 6) is -0.805. The van der Waals surface area contributed by atoms with E-state index in [1.165, 1.54) is 7.11 Å². The van der Waals surface area contributed by atoms with Crippen LogP contribution in [0.2, 0.25) is 5.02 Å². The van der Waals surface area contributed by atoms with Crippen molar-refractivity contribution in [3.8, 4) is 5.75 Å². The van der Waals surface area contributed by atoms with Gasteiger partial charge in [0.25, 0.3) is 0 Å². The molecule has 2 rings (SSSR count). The number of aliphatic hydroxyl groups excluding tert-OH is 1. The van der Waals surface area contributed by atoms with Gasteiger partial charge in [0.05, 0.1) is 19.6 Å². The number of esters is 1. The van der Waals surface area contributed by atoms with Crippen molar-refractivity contribution in [3.63, 3.8) is 0 Å². The van der Waals surface area contributed by atoms with E-state index < -0.39 is 24.5 Å². The lowest BCUT2D eigenvalue weighted by molar-refractivity contribution is -0.147. The van der Waals surface area contributed by atoms with Crippen molar-refractivity contribution in [1.82, 2.24) is 5.32 Å². The minimum absolute atomic E-state index is 0.208. The lowest BCUT2D eigenvalue weighted by Gasteiger charge is -2.26. The Kier molecular flexibility index (Phi) is 5.03. The average molecular weight is 314 g/mol. The van der Waals surface area contributed by atoms with Crippen molar-refractivity contribution in [2.45, 2.75) is 12.5 Å². The molecule has 1 aromatic rings. The van der Waals surface area contributed by atoms with E-state index in [0.29, 0.717) is 17.2 Å². The molecule has 1 aliphatic rings. The fourth-order valence-corrected chi connectivity index (χ4v) is 2.34. The summed E-state index contributed by atoms with van der Waals surface area (Å²) in [7, 11) is 1.19. The highest BCUT2D eigenvalue weighted by atomic mass is 35.5. The molecule has 0 bridgehead atoms. The molecule has 0 saturated heterocycles. The van der Waals surface area contributed by atoms with E-state index in [-0.39, 0.29) is 12.5 Å². The van der Waals surface area contributed by atoms with Crippen molar-refractivity contribution >= 4 is 23.5 Å². The van der Waals surface area contributed by atoms with E-state index in [4.69, 9.17) is 21.4 Å². The second-order valence-corrected chi connectivity index (χ2v) is 5.17. The molecule has 0 fully saturated rings. The van der Waals surface area contributed by atoms with Crippen LogP contribution in [-0.2, 0) is 20.7 Å². The van der Waals surface area contributed by atoms with Crippen LogP contribution in [0.5, 0.6) is 5.75 Å². The number of ether oxygens (including phenoxy) is 2. The molecule has 0 saturated carbocycles. The number of hydrogen-bond acceptors (Lipinski definition) is 5. The van der Waals surface area contributed by atoms with Crippen LogP contribution in [0.3, 0.4) is 0 Å². The number of hydrogen-bond donors (Lipinski definition) is 2. The molecule has 0 unspecified atom stereocenters. The van der Waals surface area contributed by atoms with Crippen LogP contribution in [0, 0.1) is 5.92 Å². The number of nitrogens with one attached hydrogen (secondary N) is 1. The number of benzene rings is 1. The highest BCUT2D eigenvalue weighted by Crippen LogP contribution is 2.29. The second kappa shape index (κ2) is 6.78. The van der Waals surface area contributed by atoms with Gasteiger partial charge in [-0.2, -0.15) is 0 Å². The van der Waals surface area contributed by atoms with Crippen molar-refractivity contribution in [2.75, 3.05) is 20.3 Å².